The lowest BCUT2D eigenvalue weighted by Gasteiger charge is -2.24. The number of carboxylic acids is 1. The molecule has 0 aliphatic rings. The number of anilines is 2. The highest BCUT2D eigenvalue weighted by Crippen LogP contribution is 2.20. The van der Waals surface area contributed by atoms with Crippen LogP contribution in [0.2, 0.25) is 0 Å². The van der Waals surface area contributed by atoms with E-state index < -0.39 is 16.7 Å². The van der Waals surface area contributed by atoms with Crippen LogP contribution in [0.1, 0.15) is 10.4 Å². The molecule has 0 saturated heterocycles. The number of aromatic carboxylic acids is 1. The summed E-state index contributed by atoms with van der Waals surface area (Å²) in [4.78, 5) is 23.4. The number of hydrogen-bond donors (Lipinski definition) is 3. The molecule has 0 unspecified atom stereocenters. The number of halogens is 1. The van der Waals surface area contributed by atoms with E-state index in [9.17, 15) is 19.3 Å². The molecule has 0 aromatic heterocycles. The second-order valence-electron chi connectivity index (χ2n) is 5.47. The highest BCUT2D eigenvalue weighted by Gasteiger charge is 2.12. The smallest absolute Gasteiger partial charge is 0.337 e. The van der Waals surface area contributed by atoms with Crippen LogP contribution >= 0.6 is 0 Å². The Morgan fingerprint density at radius 2 is 1.92 bits per heavy atom. The number of nitrogens with two attached hydrogens (primary N) is 1. The van der Waals surface area contributed by atoms with Gasteiger partial charge in [-0.1, -0.05) is 0 Å². The lowest BCUT2D eigenvalue weighted by atomic mass is 10.1. The van der Waals surface area contributed by atoms with E-state index in [2.05, 4.69) is 5.32 Å². The van der Waals surface area contributed by atoms with Gasteiger partial charge in [0.15, 0.2) is 0 Å². The highest BCUT2D eigenvalue weighted by atomic mass is 19.1. The third-order valence-corrected chi connectivity index (χ3v) is 3.73. The molecular weight excluding hydrogens is 343 g/mol. The highest BCUT2D eigenvalue weighted by molar-refractivity contribution is 5.94. The van der Waals surface area contributed by atoms with E-state index in [0.717, 1.165) is 11.8 Å². The Balaban J connectivity index is 2.05. The van der Waals surface area contributed by atoms with Crippen LogP contribution in [-0.2, 0) is 0 Å². The molecule has 138 valence electrons. The number of nitrogens with one attached hydrogen (secondary N) is 1. The van der Waals surface area contributed by atoms with Gasteiger partial charge in [-0.05, 0) is 30.3 Å². The summed E-state index contributed by atoms with van der Waals surface area (Å²) in [7, 11) is 0. The van der Waals surface area contributed by atoms with Gasteiger partial charge in [-0.2, -0.15) is 0 Å². The maximum absolute atomic E-state index is 13.2. The van der Waals surface area contributed by atoms with Crippen LogP contribution in [0.5, 0.6) is 0 Å². The number of nitrogens with zero attached hydrogens (tertiary/aromatic N) is 2. The van der Waals surface area contributed by atoms with E-state index in [1.807, 2.05) is 4.90 Å². The molecular formula is C17H19FN4O4. The van der Waals surface area contributed by atoms with Crippen LogP contribution in [-0.4, -0.2) is 42.2 Å². The van der Waals surface area contributed by atoms with Gasteiger partial charge in [-0.25, -0.2) is 9.18 Å². The zero-order valence-electron chi connectivity index (χ0n) is 13.9. The van der Waals surface area contributed by atoms with E-state index in [-0.39, 0.29) is 11.3 Å². The van der Waals surface area contributed by atoms with E-state index in [1.165, 1.54) is 24.3 Å². The maximum Gasteiger partial charge on any atom is 0.337 e. The van der Waals surface area contributed by atoms with Crippen LogP contribution in [0.3, 0.4) is 0 Å². The van der Waals surface area contributed by atoms with Crippen LogP contribution in [0, 0.1) is 15.9 Å². The van der Waals surface area contributed by atoms with Crippen LogP contribution in [0.4, 0.5) is 21.5 Å². The first-order chi connectivity index (χ1) is 12.4. The predicted octanol–water partition coefficient (Wildman–Crippen LogP) is 2.31. The quantitative estimate of drug-likeness (QED) is 0.462. The number of carbonyl (C=O) groups is 1. The Morgan fingerprint density at radius 3 is 2.50 bits per heavy atom. The van der Waals surface area contributed by atoms with E-state index >= 15 is 0 Å². The van der Waals surface area contributed by atoms with E-state index in [1.54, 1.807) is 12.1 Å². The van der Waals surface area contributed by atoms with Crippen molar-refractivity contribution >= 4 is 23.0 Å². The molecule has 9 heteroatoms. The first-order valence-electron chi connectivity index (χ1n) is 7.88. The zero-order chi connectivity index (χ0) is 19.1. The van der Waals surface area contributed by atoms with Crippen molar-refractivity contribution in [2.45, 2.75) is 0 Å². The van der Waals surface area contributed by atoms with Crippen molar-refractivity contribution < 1.29 is 19.2 Å². The standard InChI is InChI=1S/C17H19FN4O4/c18-12-1-6-16(15(11-12)17(23)24)20-8-10-21(9-7-19)13-2-4-14(5-3-13)22(25)26/h1-6,11,20H,7-10,19H2,(H,23,24). The Kier molecular flexibility index (Phi) is 6.45. The summed E-state index contributed by atoms with van der Waals surface area (Å²) >= 11 is 0. The number of rotatable bonds is 9. The van der Waals surface area contributed by atoms with Crippen molar-refractivity contribution in [3.05, 3.63) is 64.0 Å². The first-order valence-corrected chi connectivity index (χ1v) is 7.88. The molecule has 0 amide bonds. The van der Waals surface area contributed by atoms with Gasteiger partial charge in [0.05, 0.1) is 10.5 Å². The fourth-order valence-corrected chi connectivity index (χ4v) is 2.48. The lowest BCUT2D eigenvalue weighted by molar-refractivity contribution is -0.384. The van der Waals surface area contributed by atoms with Crippen LogP contribution in [0.15, 0.2) is 42.5 Å². The maximum atomic E-state index is 13.2. The van der Waals surface area contributed by atoms with E-state index in [0.29, 0.717) is 31.9 Å². The molecule has 8 nitrogen and oxygen atoms in total. The number of nitro benzene ring substituents is 1. The predicted molar refractivity (Wildman–Crippen MR) is 96.2 cm³/mol. The molecule has 0 aliphatic heterocycles. The molecule has 26 heavy (non-hydrogen) atoms. The average Bonchev–Trinajstić information content (AvgIpc) is 2.62. The molecule has 2 aromatic carbocycles. The fraction of sp³-hybridized carbons (Fsp3) is 0.235. The number of carboxylic acid groups (broad SMARTS) is 1. The van der Waals surface area contributed by atoms with Gasteiger partial charge in [0.2, 0.25) is 0 Å². The van der Waals surface area contributed by atoms with Gasteiger partial charge in [-0.15, -0.1) is 0 Å². The molecule has 2 rings (SSSR count). The summed E-state index contributed by atoms with van der Waals surface area (Å²) in [6, 6.07) is 9.60. The molecule has 0 fully saturated rings. The van der Waals surface area contributed by atoms with Gasteiger partial charge in [0, 0.05) is 49.7 Å². The topological polar surface area (TPSA) is 122 Å². The monoisotopic (exact) mass is 362 g/mol. The molecule has 0 saturated carbocycles. The minimum atomic E-state index is -1.22. The van der Waals surface area contributed by atoms with Gasteiger partial charge in [0.1, 0.15) is 5.82 Å². The molecule has 0 aliphatic carbocycles. The molecule has 0 heterocycles. The lowest BCUT2D eigenvalue weighted by Crippen LogP contribution is -2.33. The van der Waals surface area contributed by atoms with Crippen molar-refractivity contribution in [1.82, 2.24) is 0 Å². The van der Waals surface area contributed by atoms with Crippen LogP contribution in [0.25, 0.3) is 0 Å². The Labute approximate surface area is 149 Å². The second kappa shape index (κ2) is 8.77. The fourth-order valence-electron chi connectivity index (χ4n) is 2.48. The number of non-ortho nitro benzene ring substituents is 1. The van der Waals surface area contributed by atoms with Gasteiger partial charge < -0.3 is 21.1 Å². The number of nitro groups is 1. The van der Waals surface area contributed by atoms with Gasteiger partial charge in [0.25, 0.3) is 5.69 Å². The molecule has 4 N–H and O–H groups in total. The molecule has 0 bridgehead atoms. The van der Waals surface area contributed by atoms with Crippen molar-refractivity contribution in [2.75, 3.05) is 36.4 Å². The van der Waals surface area contributed by atoms with Crippen molar-refractivity contribution in [3.63, 3.8) is 0 Å². The van der Waals surface area contributed by atoms with Crippen molar-refractivity contribution in [2.24, 2.45) is 5.73 Å². The minimum Gasteiger partial charge on any atom is -0.478 e. The Hall–Kier alpha value is -3.20. The number of hydrogen-bond acceptors (Lipinski definition) is 6. The van der Waals surface area contributed by atoms with Crippen LogP contribution < -0.4 is 16.0 Å². The second-order valence-corrected chi connectivity index (χ2v) is 5.47. The van der Waals surface area contributed by atoms with Gasteiger partial charge in [-0.3, -0.25) is 10.1 Å². The first kappa shape index (κ1) is 19.1. The minimum absolute atomic E-state index is 0.00279. The SMILES string of the molecule is NCCN(CCNc1ccc(F)cc1C(=O)O)c1ccc([N+](=O)[O-])cc1. The summed E-state index contributed by atoms with van der Waals surface area (Å²) in [5, 5.41) is 22.8. The number of benzene rings is 2. The summed E-state index contributed by atoms with van der Waals surface area (Å²) < 4.78 is 13.2. The summed E-state index contributed by atoms with van der Waals surface area (Å²) in [5.41, 5.74) is 6.55. The van der Waals surface area contributed by atoms with Crippen molar-refractivity contribution in [1.29, 1.82) is 0 Å². The Morgan fingerprint density at radius 1 is 1.23 bits per heavy atom. The van der Waals surface area contributed by atoms with Gasteiger partial charge >= 0.3 is 5.97 Å². The van der Waals surface area contributed by atoms with Crippen molar-refractivity contribution in [3.8, 4) is 0 Å². The summed E-state index contributed by atoms with van der Waals surface area (Å²) in [5.74, 6) is -1.84. The molecule has 0 spiro atoms. The molecule has 0 atom stereocenters. The average molecular weight is 362 g/mol. The third kappa shape index (κ3) is 4.90. The molecule has 0 radical (unpaired) electrons. The van der Waals surface area contributed by atoms with E-state index in [4.69, 9.17) is 10.8 Å². The summed E-state index contributed by atoms with van der Waals surface area (Å²) in [6.45, 7) is 1.76. The summed E-state index contributed by atoms with van der Waals surface area (Å²) in [6.07, 6.45) is 0. The molecule has 2 aromatic rings. The zero-order valence-corrected chi connectivity index (χ0v) is 13.9. The largest absolute Gasteiger partial charge is 0.478 e. The Bertz CT molecular complexity index is 783. The normalized spacial score (nSPS) is 10.4. The third-order valence-electron chi connectivity index (χ3n) is 3.73.